The second-order valence-electron chi connectivity index (χ2n) is 3.06. The smallest absolute Gasteiger partial charge is 0.161 e. The Labute approximate surface area is 90.5 Å². The average molecular weight is 207 g/mol. The summed E-state index contributed by atoms with van der Waals surface area (Å²) in [5.74, 6) is 1.53. The van der Waals surface area contributed by atoms with Crippen LogP contribution in [0.15, 0.2) is 18.2 Å². The van der Waals surface area contributed by atoms with Crippen molar-refractivity contribution in [2.75, 3.05) is 13.2 Å². The van der Waals surface area contributed by atoms with E-state index >= 15 is 0 Å². The fourth-order valence-corrected chi connectivity index (χ4v) is 1.34. The van der Waals surface area contributed by atoms with E-state index in [0.29, 0.717) is 19.6 Å². The van der Waals surface area contributed by atoms with Gasteiger partial charge in [0.15, 0.2) is 11.5 Å². The lowest BCUT2D eigenvalue weighted by Crippen LogP contribution is -1.99. The Morgan fingerprint density at radius 1 is 1.13 bits per heavy atom. The predicted molar refractivity (Wildman–Crippen MR) is 61.3 cm³/mol. The summed E-state index contributed by atoms with van der Waals surface area (Å²) < 4.78 is 10.9. The molecule has 0 saturated heterocycles. The van der Waals surface area contributed by atoms with Gasteiger partial charge in [-0.1, -0.05) is 6.07 Å². The van der Waals surface area contributed by atoms with Crippen molar-refractivity contribution in [3.05, 3.63) is 23.8 Å². The first kappa shape index (κ1) is 11.6. The molecule has 1 aromatic carbocycles. The molecule has 1 N–H and O–H groups in total. The van der Waals surface area contributed by atoms with Gasteiger partial charge >= 0.3 is 0 Å². The van der Waals surface area contributed by atoms with Crippen molar-refractivity contribution in [2.45, 2.75) is 20.3 Å². The summed E-state index contributed by atoms with van der Waals surface area (Å²) >= 11 is 0. The molecule has 0 unspecified atom stereocenters. The first-order valence-corrected chi connectivity index (χ1v) is 5.19. The van der Waals surface area contributed by atoms with Crippen molar-refractivity contribution in [1.82, 2.24) is 0 Å². The van der Waals surface area contributed by atoms with Gasteiger partial charge in [-0.05, 0) is 37.8 Å². The number of ether oxygens (including phenoxy) is 2. The van der Waals surface area contributed by atoms with E-state index in [1.165, 1.54) is 6.21 Å². The van der Waals surface area contributed by atoms with E-state index in [1.54, 1.807) is 0 Å². The lowest BCUT2D eigenvalue weighted by molar-refractivity contribution is 0.287. The Bertz CT molecular complexity index is 323. The highest BCUT2D eigenvalue weighted by Crippen LogP contribution is 2.28. The molecular weight excluding hydrogens is 190 g/mol. The lowest BCUT2D eigenvalue weighted by atomic mass is 10.1. The molecule has 0 fully saturated rings. The van der Waals surface area contributed by atoms with Crippen molar-refractivity contribution < 1.29 is 9.47 Å². The van der Waals surface area contributed by atoms with Crippen LogP contribution < -0.4 is 9.47 Å². The molecule has 15 heavy (non-hydrogen) atoms. The maximum atomic E-state index is 7.05. The molecule has 1 rings (SSSR count). The lowest BCUT2D eigenvalue weighted by Gasteiger charge is -2.11. The number of rotatable bonds is 6. The zero-order chi connectivity index (χ0) is 11.1. The van der Waals surface area contributed by atoms with E-state index < -0.39 is 0 Å². The third-order valence-electron chi connectivity index (χ3n) is 1.95. The highest BCUT2D eigenvalue weighted by Gasteiger charge is 2.05. The molecule has 0 aliphatic heterocycles. The maximum absolute atomic E-state index is 7.05. The molecule has 0 amide bonds. The second kappa shape index (κ2) is 6.06. The number of hydrogen-bond donors (Lipinski definition) is 1. The van der Waals surface area contributed by atoms with Crippen LogP contribution in [0.5, 0.6) is 11.5 Å². The Kier molecular flexibility index (Phi) is 4.68. The zero-order valence-corrected chi connectivity index (χ0v) is 9.25. The molecule has 0 heterocycles. The quantitative estimate of drug-likeness (QED) is 0.729. The molecule has 0 saturated carbocycles. The first-order valence-electron chi connectivity index (χ1n) is 5.19. The van der Waals surface area contributed by atoms with Crippen LogP contribution in [0.25, 0.3) is 0 Å². The highest BCUT2D eigenvalue weighted by molar-refractivity contribution is 5.59. The van der Waals surface area contributed by atoms with E-state index in [9.17, 15) is 0 Å². The van der Waals surface area contributed by atoms with Gasteiger partial charge in [-0.3, -0.25) is 0 Å². The van der Waals surface area contributed by atoms with Crippen LogP contribution in [0.3, 0.4) is 0 Å². The molecule has 3 nitrogen and oxygen atoms in total. The summed E-state index contributed by atoms with van der Waals surface area (Å²) in [6.45, 7) is 5.14. The van der Waals surface area contributed by atoms with Gasteiger partial charge in [0.05, 0.1) is 13.2 Å². The van der Waals surface area contributed by atoms with Crippen LogP contribution in [-0.2, 0) is 6.42 Å². The molecule has 0 atom stereocenters. The predicted octanol–water partition coefficient (Wildman–Crippen LogP) is 2.68. The van der Waals surface area contributed by atoms with Crippen LogP contribution in [0.1, 0.15) is 19.4 Å². The third-order valence-corrected chi connectivity index (χ3v) is 1.95. The van der Waals surface area contributed by atoms with Crippen molar-refractivity contribution in [1.29, 1.82) is 5.41 Å². The van der Waals surface area contributed by atoms with Gasteiger partial charge in [-0.2, -0.15) is 0 Å². The summed E-state index contributed by atoms with van der Waals surface area (Å²) in [6, 6.07) is 5.78. The molecule has 0 bridgehead atoms. The van der Waals surface area contributed by atoms with E-state index in [0.717, 1.165) is 17.1 Å². The summed E-state index contributed by atoms with van der Waals surface area (Å²) in [7, 11) is 0. The van der Waals surface area contributed by atoms with E-state index in [-0.39, 0.29) is 0 Å². The second-order valence-corrected chi connectivity index (χ2v) is 3.06. The van der Waals surface area contributed by atoms with Crippen LogP contribution in [0.2, 0.25) is 0 Å². The van der Waals surface area contributed by atoms with Gasteiger partial charge in [-0.25, -0.2) is 0 Å². The average Bonchev–Trinajstić information content (AvgIpc) is 2.23. The van der Waals surface area contributed by atoms with E-state index in [1.807, 2.05) is 32.0 Å². The zero-order valence-electron chi connectivity index (χ0n) is 9.25. The minimum Gasteiger partial charge on any atom is -0.490 e. The van der Waals surface area contributed by atoms with Gasteiger partial charge < -0.3 is 14.9 Å². The maximum Gasteiger partial charge on any atom is 0.161 e. The molecule has 3 heteroatoms. The van der Waals surface area contributed by atoms with Crippen LogP contribution in [0, 0.1) is 5.41 Å². The largest absolute Gasteiger partial charge is 0.490 e. The van der Waals surface area contributed by atoms with Crippen molar-refractivity contribution in [3.63, 3.8) is 0 Å². The minimum atomic E-state index is 0.619. The summed E-state index contributed by atoms with van der Waals surface area (Å²) in [5.41, 5.74) is 1.07. The SMILES string of the molecule is CCOc1ccc(CC=N)cc1OCC. The Morgan fingerprint density at radius 3 is 2.40 bits per heavy atom. The molecule has 0 spiro atoms. The molecular formula is C12H17NO2. The fraction of sp³-hybridized carbons (Fsp3) is 0.417. The van der Waals surface area contributed by atoms with Gasteiger partial charge in [0.1, 0.15) is 0 Å². The number of hydrogen-bond acceptors (Lipinski definition) is 3. The van der Waals surface area contributed by atoms with E-state index in [2.05, 4.69) is 0 Å². The molecule has 0 aromatic heterocycles. The normalized spacial score (nSPS) is 9.73. The Balaban J connectivity index is 2.91. The van der Waals surface area contributed by atoms with Gasteiger partial charge in [-0.15, -0.1) is 0 Å². The third kappa shape index (κ3) is 3.27. The number of benzene rings is 1. The van der Waals surface area contributed by atoms with Crippen molar-refractivity contribution >= 4 is 6.21 Å². The van der Waals surface area contributed by atoms with Crippen LogP contribution >= 0.6 is 0 Å². The summed E-state index contributed by atoms with van der Waals surface area (Å²) in [4.78, 5) is 0. The Morgan fingerprint density at radius 2 is 1.80 bits per heavy atom. The van der Waals surface area contributed by atoms with Crippen molar-refractivity contribution in [3.8, 4) is 11.5 Å². The topological polar surface area (TPSA) is 42.3 Å². The molecule has 82 valence electrons. The van der Waals surface area contributed by atoms with Crippen LogP contribution in [-0.4, -0.2) is 19.4 Å². The van der Waals surface area contributed by atoms with Gasteiger partial charge in [0.25, 0.3) is 0 Å². The first-order chi connectivity index (χ1) is 7.31. The van der Waals surface area contributed by atoms with Gasteiger partial charge in [0, 0.05) is 6.42 Å². The standard InChI is InChI=1S/C12H17NO2/c1-3-14-11-6-5-10(7-8-13)9-12(11)15-4-2/h5-6,8-9,13H,3-4,7H2,1-2H3. The Hall–Kier alpha value is -1.51. The summed E-state index contributed by atoms with van der Waals surface area (Å²) in [6.07, 6.45) is 2.01. The van der Waals surface area contributed by atoms with E-state index in [4.69, 9.17) is 14.9 Å². The molecule has 1 aromatic rings. The fourth-order valence-electron chi connectivity index (χ4n) is 1.34. The molecule has 0 aliphatic carbocycles. The van der Waals surface area contributed by atoms with Gasteiger partial charge in [0.2, 0.25) is 0 Å². The highest BCUT2D eigenvalue weighted by atomic mass is 16.5. The van der Waals surface area contributed by atoms with Crippen LogP contribution in [0.4, 0.5) is 0 Å². The monoisotopic (exact) mass is 207 g/mol. The number of nitrogens with one attached hydrogen (secondary N) is 1. The minimum absolute atomic E-state index is 0.619. The summed E-state index contributed by atoms with van der Waals surface area (Å²) in [5, 5.41) is 7.05. The molecule has 0 aliphatic rings. The molecule has 0 radical (unpaired) electrons. The van der Waals surface area contributed by atoms with Crippen molar-refractivity contribution in [2.24, 2.45) is 0 Å².